The Kier molecular flexibility index (Phi) is 5.74. The van der Waals surface area contributed by atoms with Crippen molar-refractivity contribution < 1.29 is 14.3 Å². The van der Waals surface area contributed by atoms with Crippen LogP contribution >= 0.6 is 0 Å². The molecule has 2 aromatic carbocycles. The number of ether oxygens (including phenoxy) is 2. The number of nitrogens with zero attached hydrogens (tertiary/aromatic N) is 2. The maximum absolute atomic E-state index is 12.5. The summed E-state index contributed by atoms with van der Waals surface area (Å²) < 4.78 is 10.6. The molecule has 0 fully saturated rings. The van der Waals surface area contributed by atoms with Crippen molar-refractivity contribution in [1.29, 1.82) is 0 Å². The lowest BCUT2D eigenvalue weighted by Crippen LogP contribution is -2.15. The van der Waals surface area contributed by atoms with Crippen molar-refractivity contribution in [2.75, 3.05) is 24.9 Å². The average Bonchev–Trinajstić information content (AvgIpc) is 2.69. The first-order valence-corrected chi connectivity index (χ1v) is 8.71. The van der Waals surface area contributed by atoms with Gasteiger partial charge in [0.05, 0.1) is 25.6 Å². The van der Waals surface area contributed by atoms with Crippen molar-refractivity contribution in [2.45, 2.75) is 13.8 Å². The van der Waals surface area contributed by atoms with Gasteiger partial charge in [0.25, 0.3) is 5.91 Å². The summed E-state index contributed by atoms with van der Waals surface area (Å²) in [5.41, 5.74) is 3.65. The molecular formula is C21H22N4O3. The summed E-state index contributed by atoms with van der Waals surface area (Å²) in [7, 11) is 3.16. The van der Waals surface area contributed by atoms with Crippen molar-refractivity contribution in [3.8, 4) is 11.5 Å². The van der Waals surface area contributed by atoms with E-state index in [1.807, 2.05) is 44.2 Å². The second-order valence-electron chi connectivity index (χ2n) is 6.29. The summed E-state index contributed by atoms with van der Waals surface area (Å²) in [6.07, 6.45) is 0. The Bertz CT molecular complexity index is 987. The average molecular weight is 378 g/mol. The molecule has 1 heterocycles. The first-order valence-electron chi connectivity index (χ1n) is 8.71. The molecule has 1 aromatic heterocycles. The quantitative estimate of drug-likeness (QED) is 0.671. The fourth-order valence-corrected chi connectivity index (χ4v) is 2.68. The second kappa shape index (κ2) is 8.39. The lowest BCUT2D eigenvalue weighted by Gasteiger charge is -2.12. The largest absolute Gasteiger partial charge is 0.495 e. The van der Waals surface area contributed by atoms with Gasteiger partial charge in [-0.2, -0.15) is 0 Å². The third kappa shape index (κ3) is 4.37. The Morgan fingerprint density at radius 1 is 0.821 bits per heavy atom. The molecule has 0 bridgehead atoms. The van der Waals surface area contributed by atoms with Gasteiger partial charge in [0.2, 0.25) is 0 Å². The third-order valence-corrected chi connectivity index (χ3v) is 4.12. The van der Waals surface area contributed by atoms with Gasteiger partial charge in [-0.15, -0.1) is 10.2 Å². The van der Waals surface area contributed by atoms with E-state index in [4.69, 9.17) is 9.47 Å². The SMILES string of the molecule is COc1ccc(C)cc1NC(=O)c1ccc(Nc2cc(C)ccc2OC)nn1. The standard InChI is InChI=1S/C21H22N4O3/c1-13-5-8-18(27-3)16(11-13)22-20-10-7-15(24-25-20)21(26)23-17-12-14(2)6-9-19(17)28-4/h5-12H,1-4H3,(H,22,25)(H,23,26). The number of carbonyl (C=O) groups excluding carboxylic acids is 1. The fourth-order valence-electron chi connectivity index (χ4n) is 2.68. The van der Waals surface area contributed by atoms with Gasteiger partial charge in [-0.3, -0.25) is 4.79 Å². The molecule has 144 valence electrons. The van der Waals surface area contributed by atoms with E-state index in [1.54, 1.807) is 32.4 Å². The normalized spacial score (nSPS) is 10.3. The first kappa shape index (κ1) is 19.2. The highest BCUT2D eigenvalue weighted by Crippen LogP contribution is 2.28. The van der Waals surface area contributed by atoms with Gasteiger partial charge in [0, 0.05) is 0 Å². The number of aryl methyl sites for hydroxylation is 2. The molecule has 7 heteroatoms. The molecule has 0 aliphatic heterocycles. The zero-order chi connectivity index (χ0) is 20.1. The lowest BCUT2D eigenvalue weighted by molar-refractivity contribution is 0.102. The summed E-state index contributed by atoms with van der Waals surface area (Å²) >= 11 is 0. The number of anilines is 3. The van der Waals surface area contributed by atoms with Crippen LogP contribution in [0.1, 0.15) is 21.6 Å². The maximum atomic E-state index is 12.5. The van der Waals surface area contributed by atoms with Crippen LogP contribution in [0, 0.1) is 13.8 Å². The van der Waals surface area contributed by atoms with E-state index >= 15 is 0 Å². The molecular weight excluding hydrogens is 356 g/mol. The second-order valence-corrected chi connectivity index (χ2v) is 6.29. The molecule has 0 saturated heterocycles. The van der Waals surface area contributed by atoms with E-state index in [0.717, 1.165) is 16.8 Å². The van der Waals surface area contributed by atoms with Gasteiger partial charge in [-0.1, -0.05) is 12.1 Å². The number of nitrogens with one attached hydrogen (secondary N) is 2. The van der Waals surface area contributed by atoms with E-state index in [0.29, 0.717) is 23.0 Å². The van der Waals surface area contributed by atoms with Crippen molar-refractivity contribution in [2.24, 2.45) is 0 Å². The minimum absolute atomic E-state index is 0.199. The smallest absolute Gasteiger partial charge is 0.276 e. The zero-order valence-corrected chi connectivity index (χ0v) is 16.2. The molecule has 3 aromatic rings. The summed E-state index contributed by atoms with van der Waals surface area (Å²) in [6, 6.07) is 14.6. The van der Waals surface area contributed by atoms with Gasteiger partial charge in [0.15, 0.2) is 11.5 Å². The molecule has 0 radical (unpaired) electrons. The molecule has 0 saturated carbocycles. The Morgan fingerprint density at radius 3 is 2.00 bits per heavy atom. The molecule has 1 amide bonds. The van der Waals surface area contributed by atoms with Crippen LogP contribution in [-0.4, -0.2) is 30.3 Å². The minimum atomic E-state index is -0.365. The van der Waals surface area contributed by atoms with Gasteiger partial charge < -0.3 is 20.1 Å². The number of carbonyl (C=O) groups is 1. The van der Waals surface area contributed by atoms with Gasteiger partial charge in [0.1, 0.15) is 11.5 Å². The Labute approximate surface area is 163 Å². The Balaban J connectivity index is 1.75. The summed E-state index contributed by atoms with van der Waals surface area (Å²) in [5.74, 6) is 1.42. The van der Waals surface area contributed by atoms with E-state index in [2.05, 4.69) is 20.8 Å². The minimum Gasteiger partial charge on any atom is -0.495 e. The number of methoxy groups -OCH3 is 2. The predicted molar refractivity (Wildman–Crippen MR) is 109 cm³/mol. The monoisotopic (exact) mass is 378 g/mol. The fraction of sp³-hybridized carbons (Fsp3) is 0.190. The zero-order valence-electron chi connectivity index (χ0n) is 16.2. The summed E-state index contributed by atoms with van der Waals surface area (Å²) in [5, 5.41) is 14.1. The van der Waals surface area contributed by atoms with Gasteiger partial charge >= 0.3 is 0 Å². The van der Waals surface area contributed by atoms with Gasteiger partial charge in [-0.25, -0.2) is 0 Å². The molecule has 28 heavy (non-hydrogen) atoms. The molecule has 2 N–H and O–H groups in total. The van der Waals surface area contributed by atoms with Crippen LogP contribution < -0.4 is 20.1 Å². The van der Waals surface area contributed by atoms with Crippen LogP contribution in [0.3, 0.4) is 0 Å². The van der Waals surface area contributed by atoms with Crippen molar-refractivity contribution in [3.63, 3.8) is 0 Å². The lowest BCUT2D eigenvalue weighted by atomic mass is 10.2. The van der Waals surface area contributed by atoms with Crippen molar-refractivity contribution in [3.05, 3.63) is 65.4 Å². The Hall–Kier alpha value is -3.61. The molecule has 0 atom stereocenters. The first-order chi connectivity index (χ1) is 13.5. The van der Waals surface area contributed by atoms with Gasteiger partial charge in [-0.05, 0) is 61.4 Å². The van der Waals surface area contributed by atoms with Crippen molar-refractivity contribution >= 4 is 23.1 Å². The number of hydrogen-bond acceptors (Lipinski definition) is 6. The van der Waals surface area contributed by atoms with E-state index in [1.165, 1.54) is 0 Å². The molecule has 3 rings (SSSR count). The van der Waals surface area contributed by atoms with Crippen LogP contribution in [0.5, 0.6) is 11.5 Å². The number of benzene rings is 2. The van der Waals surface area contributed by atoms with E-state index in [9.17, 15) is 4.79 Å². The van der Waals surface area contributed by atoms with Crippen LogP contribution in [-0.2, 0) is 0 Å². The third-order valence-electron chi connectivity index (χ3n) is 4.12. The molecule has 0 aliphatic carbocycles. The maximum Gasteiger partial charge on any atom is 0.276 e. The van der Waals surface area contributed by atoms with Crippen LogP contribution in [0.25, 0.3) is 0 Å². The highest BCUT2D eigenvalue weighted by atomic mass is 16.5. The van der Waals surface area contributed by atoms with E-state index < -0.39 is 0 Å². The van der Waals surface area contributed by atoms with E-state index in [-0.39, 0.29) is 11.6 Å². The summed E-state index contributed by atoms with van der Waals surface area (Å²) in [4.78, 5) is 12.5. The molecule has 7 nitrogen and oxygen atoms in total. The predicted octanol–water partition coefficient (Wildman–Crippen LogP) is 4.11. The number of rotatable bonds is 6. The number of hydrogen-bond donors (Lipinski definition) is 2. The molecule has 0 unspecified atom stereocenters. The summed E-state index contributed by atoms with van der Waals surface area (Å²) in [6.45, 7) is 3.93. The number of amides is 1. The Morgan fingerprint density at radius 2 is 1.43 bits per heavy atom. The highest BCUT2D eigenvalue weighted by molar-refractivity contribution is 6.03. The molecule has 0 aliphatic rings. The van der Waals surface area contributed by atoms with Crippen LogP contribution in [0.4, 0.5) is 17.2 Å². The van der Waals surface area contributed by atoms with Crippen molar-refractivity contribution in [1.82, 2.24) is 10.2 Å². The number of aromatic nitrogens is 2. The topological polar surface area (TPSA) is 85.4 Å². The van der Waals surface area contributed by atoms with Crippen LogP contribution in [0.2, 0.25) is 0 Å². The molecule has 0 spiro atoms. The van der Waals surface area contributed by atoms with Crippen LogP contribution in [0.15, 0.2) is 48.5 Å². The highest BCUT2D eigenvalue weighted by Gasteiger charge is 2.12.